The van der Waals surface area contributed by atoms with Crippen LogP contribution in [0.1, 0.15) is 31.4 Å². The van der Waals surface area contributed by atoms with Gasteiger partial charge in [0.2, 0.25) is 0 Å². The largest absolute Gasteiger partial charge is 0.388 e. The lowest BCUT2D eigenvalue weighted by molar-refractivity contribution is 0.114. The first kappa shape index (κ1) is 12.5. The van der Waals surface area contributed by atoms with E-state index in [2.05, 4.69) is 0 Å². The summed E-state index contributed by atoms with van der Waals surface area (Å²) < 4.78 is 5.21. The number of rotatable bonds is 6. The van der Waals surface area contributed by atoms with Crippen LogP contribution in [-0.2, 0) is 4.74 Å². The highest BCUT2D eigenvalue weighted by atomic mass is 35.5. The van der Waals surface area contributed by atoms with Gasteiger partial charge in [0.1, 0.15) is 0 Å². The molecule has 0 heterocycles. The second-order valence-electron chi connectivity index (χ2n) is 3.38. The van der Waals surface area contributed by atoms with Gasteiger partial charge >= 0.3 is 0 Å². The van der Waals surface area contributed by atoms with E-state index in [0.29, 0.717) is 18.1 Å². The highest BCUT2D eigenvalue weighted by molar-refractivity contribution is 6.31. The van der Waals surface area contributed by atoms with Crippen LogP contribution in [-0.4, -0.2) is 18.3 Å². The second kappa shape index (κ2) is 6.83. The molecular weight excluding hydrogens is 212 g/mol. The van der Waals surface area contributed by atoms with Crippen molar-refractivity contribution < 1.29 is 9.84 Å². The maximum atomic E-state index is 9.86. The van der Waals surface area contributed by atoms with Crippen LogP contribution in [0.3, 0.4) is 0 Å². The number of hydrogen-bond acceptors (Lipinski definition) is 2. The molecule has 1 aromatic carbocycles. The normalized spacial score (nSPS) is 12.7. The lowest BCUT2D eigenvalue weighted by atomic mass is 10.1. The third-order valence-electron chi connectivity index (χ3n) is 2.23. The first-order valence-electron chi connectivity index (χ1n) is 5.26. The van der Waals surface area contributed by atoms with Crippen molar-refractivity contribution >= 4 is 11.6 Å². The van der Waals surface area contributed by atoms with Gasteiger partial charge in [-0.15, -0.1) is 0 Å². The van der Waals surface area contributed by atoms with Crippen LogP contribution in [0, 0.1) is 0 Å². The number of halogens is 1. The number of aliphatic hydroxyl groups excluding tert-OH is 1. The van der Waals surface area contributed by atoms with E-state index < -0.39 is 6.10 Å². The summed E-state index contributed by atoms with van der Waals surface area (Å²) in [5, 5.41) is 10.5. The third-order valence-corrected chi connectivity index (χ3v) is 2.58. The first-order valence-corrected chi connectivity index (χ1v) is 5.63. The van der Waals surface area contributed by atoms with Crippen LogP contribution in [0.25, 0.3) is 0 Å². The Hall–Kier alpha value is -0.570. The molecule has 0 spiro atoms. The molecule has 0 aliphatic heterocycles. The molecule has 0 radical (unpaired) electrons. The summed E-state index contributed by atoms with van der Waals surface area (Å²) >= 11 is 5.97. The molecule has 0 amide bonds. The molecule has 1 atom stereocenters. The van der Waals surface area contributed by atoms with Crippen molar-refractivity contribution in [2.75, 3.05) is 13.2 Å². The zero-order chi connectivity index (χ0) is 11.1. The summed E-state index contributed by atoms with van der Waals surface area (Å²) in [7, 11) is 0. The topological polar surface area (TPSA) is 29.5 Å². The number of ether oxygens (including phenoxy) is 1. The summed E-state index contributed by atoms with van der Waals surface area (Å²) in [4.78, 5) is 0. The molecule has 2 nitrogen and oxygen atoms in total. The van der Waals surface area contributed by atoms with E-state index in [0.717, 1.165) is 18.6 Å². The van der Waals surface area contributed by atoms with Gasteiger partial charge in [-0.05, 0) is 31.4 Å². The van der Waals surface area contributed by atoms with Crippen LogP contribution in [0.5, 0.6) is 0 Å². The molecule has 0 saturated heterocycles. The van der Waals surface area contributed by atoms with Crippen molar-refractivity contribution in [2.24, 2.45) is 0 Å². The Balaban J connectivity index is 2.40. The molecule has 84 valence electrons. The fourth-order valence-corrected chi connectivity index (χ4v) is 1.69. The Bertz CT molecular complexity index is 289. The van der Waals surface area contributed by atoms with Gasteiger partial charge in [-0.2, -0.15) is 0 Å². The van der Waals surface area contributed by atoms with Gasteiger partial charge in [-0.1, -0.05) is 29.8 Å². The minimum absolute atomic E-state index is 0.487. The van der Waals surface area contributed by atoms with Gasteiger partial charge in [0.05, 0.1) is 6.10 Å². The maximum Gasteiger partial charge on any atom is 0.0805 e. The highest BCUT2D eigenvalue weighted by Gasteiger charge is 2.09. The highest BCUT2D eigenvalue weighted by Crippen LogP contribution is 2.25. The molecule has 0 aliphatic rings. The summed E-state index contributed by atoms with van der Waals surface area (Å²) in [6.07, 6.45) is 1.04. The Labute approximate surface area is 95.8 Å². The van der Waals surface area contributed by atoms with E-state index in [1.54, 1.807) is 6.07 Å². The van der Waals surface area contributed by atoms with Crippen molar-refractivity contribution in [1.29, 1.82) is 0 Å². The summed E-state index contributed by atoms with van der Waals surface area (Å²) in [6, 6.07) is 7.39. The van der Waals surface area contributed by atoms with Gasteiger partial charge < -0.3 is 9.84 Å². The predicted octanol–water partition coefficient (Wildman–Crippen LogP) is 3.19. The van der Waals surface area contributed by atoms with Gasteiger partial charge in [-0.25, -0.2) is 0 Å². The minimum Gasteiger partial charge on any atom is -0.388 e. The van der Waals surface area contributed by atoms with Gasteiger partial charge in [0.25, 0.3) is 0 Å². The molecule has 0 aliphatic carbocycles. The smallest absolute Gasteiger partial charge is 0.0805 e. The van der Waals surface area contributed by atoms with E-state index >= 15 is 0 Å². The van der Waals surface area contributed by atoms with Gasteiger partial charge in [-0.3, -0.25) is 0 Å². The van der Waals surface area contributed by atoms with Gasteiger partial charge in [0.15, 0.2) is 0 Å². The second-order valence-corrected chi connectivity index (χ2v) is 3.78. The average molecular weight is 229 g/mol. The SMILES string of the molecule is CCOCCCC(O)c1ccccc1Cl. The van der Waals surface area contributed by atoms with Crippen molar-refractivity contribution in [3.63, 3.8) is 0 Å². The Morgan fingerprint density at radius 1 is 1.40 bits per heavy atom. The summed E-state index contributed by atoms with van der Waals surface area (Å²) in [6.45, 7) is 3.38. The lowest BCUT2D eigenvalue weighted by Crippen LogP contribution is -2.01. The Morgan fingerprint density at radius 3 is 2.80 bits per heavy atom. The van der Waals surface area contributed by atoms with Crippen molar-refractivity contribution in [1.82, 2.24) is 0 Å². The first-order chi connectivity index (χ1) is 7.25. The van der Waals surface area contributed by atoms with Crippen LogP contribution < -0.4 is 0 Å². The molecule has 1 aromatic rings. The summed E-state index contributed by atoms with van der Waals surface area (Å²) in [5.41, 5.74) is 0.802. The molecule has 1 unspecified atom stereocenters. The Morgan fingerprint density at radius 2 is 2.13 bits per heavy atom. The minimum atomic E-state index is -0.487. The number of aliphatic hydroxyl groups is 1. The maximum absolute atomic E-state index is 9.86. The summed E-state index contributed by atoms with van der Waals surface area (Å²) in [5.74, 6) is 0. The van der Waals surface area contributed by atoms with E-state index in [9.17, 15) is 5.11 Å². The molecule has 1 rings (SSSR count). The molecule has 3 heteroatoms. The van der Waals surface area contributed by atoms with Crippen molar-refractivity contribution in [3.8, 4) is 0 Å². The third kappa shape index (κ3) is 4.20. The molecule has 0 bridgehead atoms. The fourth-order valence-electron chi connectivity index (χ4n) is 1.42. The molecule has 0 saturated carbocycles. The molecule has 15 heavy (non-hydrogen) atoms. The zero-order valence-corrected chi connectivity index (χ0v) is 9.70. The van der Waals surface area contributed by atoms with E-state index in [1.807, 2.05) is 25.1 Å². The molecular formula is C12H17ClO2. The van der Waals surface area contributed by atoms with Crippen LogP contribution in [0.15, 0.2) is 24.3 Å². The van der Waals surface area contributed by atoms with Crippen LogP contribution in [0.2, 0.25) is 5.02 Å². The Kier molecular flexibility index (Phi) is 5.69. The number of hydrogen-bond donors (Lipinski definition) is 1. The predicted molar refractivity (Wildman–Crippen MR) is 62.1 cm³/mol. The standard InChI is InChI=1S/C12H17ClO2/c1-2-15-9-5-8-12(14)10-6-3-4-7-11(10)13/h3-4,6-7,12,14H,2,5,8-9H2,1H3. The van der Waals surface area contributed by atoms with Crippen molar-refractivity contribution in [3.05, 3.63) is 34.9 Å². The molecule has 0 fully saturated rings. The molecule has 0 aromatic heterocycles. The quantitative estimate of drug-likeness (QED) is 0.758. The van der Waals surface area contributed by atoms with Crippen LogP contribution >= 0.6 is 11.6 Å². The van der Waals surface area contributed by atoms with E-state index in [4.69, 9.17) is 16.3 Å². The molecule has 1 N–H and O–H groups in total. The van der Waals surface area contributed by atoms with Gasteiger partial charge in [0, 0.05) is 18.2 Å². The fraction of sp³-hybridized carbons (Fsp3) is 0.500. The van der Waals surface area contributed by atoms with E-state index in [1.165, 1.54) is 0 Å². The lowest BCUT2D eigenvalue weighted by Gasteiger charge is -2.12. The van der Waals surface area contributed by atoms with Crippen LogP contribution in [0.4, 0.5) is 0 Å². The number of benzene rings is 1. The van der Waals surface area contributed by atoms with Crippen molar-refractivity contribution in [2.45, 2.75) is 25.9 Å². The zero-order valence-electron chi connectivity index (χ0n) is 8.95. The average Bonchev–Trinajstić information content (AvgIpc) is 2.25. The van der Waals surface area contributed by atoms with E-state index in [-0.39, 0.29) is 0 Å². The monoisotopic (exact) mass is 228 g/mol.